The summed E-state index contributed by atoms with van der Waals surface area (Å²) in [6.45, 7) is 2.41. The lowest BCUT2D eigenvalue weighted by molar-refractivity contribution is 0.371. The summed E-state index contributed by atoms with van der Waals surface area (Å²) in [4.78, 5) is 0. The van der Waals surface area contributed by atoms with Crippen LogP contribution in [0.5, 0.6) is 0 Å². The molecule has 1 aromatic rings. The first-order chi connectivity index (χ1) is 6.36. The Morgan fingerprint density at radius 1 is 1.62 bits per heavy atom. The molecule has 1 aliphatic rings. The van der Waals surface area contributed by atoms with Crippen LogP contribution in [0.3, 0.4) is 0 Å². The zero-order valence-electron chi connectivity index (χ0n) is 8.29. The van der Waals surface area contributed by atoms with Crippen molar-refractivity contribution in [1.82, 2.24) is 9.88 Å². The lowest BCUT2D eigenvalue weighted by atomic mass is 9.95. The van der Waals surface area contributed by atoms with E-state index in [0.29, 0.717) is 0 Å². The summed E-state index contributed by atoms with van der Waals surface area (Å²) in [5, 5.41) is 3.46. The number of hydrogen-bond donors (Lipinski definition) is 1. The van der Waals surface area contributed by atoms with Gasteiger partial charge in [-0.15, -0.1) is 0 Å². The molecular weight excluding hydrogens is 160 g/mol. The lowest BCUT2D eigenvalue weighted by Gasteiger charge is -2.22. The van der Waals surface area contributed by atoms with Crippen molar-refractivity contribution in [2.24, 2.45) is 13.0 Å². The maximum absolute atomic E-state index is 3.46. The highest BCUT2D eigenvalue weighted by molar-refractivity contribution is 5.07. The first-order valence-electron chi connectivity index (χ1n) is 5.17. The number of nitrogens with zero attached hydrogens (tertiary/aromatic N) is 1. The van der Waals surface area contributed by atoms with Crippen molar-refractivity contribution in [3.05, 3.63) is 24.0 Å². The van der Waals surface area contributed by atoms with Crippen LogP contribution in [0.4, 0.5) is 0 Å². The first-order valence-corrected chi connectivity index (χ1v) is 5.17. The molecule has 2 heterocycles. The van der Waals surface area contributed by atoms with Gasteiger partial charge >= 0.3 is 0 Å². The van der Waals surface area contributed by atoms with Gasteiger partial charge < -0.3 is 9.88 Å². The Hall–Kier alpha value is -0.760. The van der Waals surface area contributed by atoms with Crippen LogP contribution < -0.4 is 5.32 Å². The molecule has 0 aliphatic carbocycles. The summed E-state index contributed by atoms with van der Waals surface area (Å²) in [7, 11) is 2.13. The van der Waals surface area contributed by atoms with Gasteiger partial charge in [-0.2, -0.15) is 0 Å². The number of piperidine rings is 1. The number of nitrogens with one attached hydrogen (secondary N) is 1. The molecule has 0 saturated carbocycles. The van der Waals surface area contributed by atoms with Gasteiger partial charge in [0.25, 0.3) is 0 Å². The summed E-state index contributed by atoms with van der Waals surface area (Å²) < 4.78 is 2.23. The van der Waals surface area contributed by atoms with E-state index >= 15 is 0 Å². The minimum atomic E-state index is 0.849. The molecule has 0 spiro atoms. The SMILES string of the molecule is Cn1cccc1C[C@H]1CCCNC1. The van der Waals surface area contributed by atoms with E-state index in [2.05, 4.69) is 35.3 Å². The molecule has 0 aromatic carbocycles. The quantitative estimate of drug-likeness (QED) is 0.727. The second-order valence-corrected chi connectivity index (χ2v) is 4.03. The van der Waals surface area contributed by atoms with Crippen molar-refractivity contribution in [1.29, 1.82) is 0 Å². The Bertz CT molecular complexity index is 259. The number of aryl methyl sites for hydroxylation is 1. The monoisotopic (exact) mass is 178 g/mol. The summed E-state index contributed by atoms with van der Waals surface area (Å²) in [5.41, 5.74) is 1.47. The molecule has 2 heteroatoms. The van der Waals surface area contributed by atoms with Gasteiger partial charge in [-0.3, -0.25) is 0 Å². The third kappa shape index (κ3) is 2.13. The highest BCUT2D eigenvalue weighted by atomic mass is 14.9. The van der Waals surface area contributed by atoms with E-state index in [1.807, 2.05) is 0 Å². The van der Waals surface area contributed by atoms with Crippen LogP contribution in [0.1, 0.15) is 18.5 Å². The second kappa shape index (κ2) is 3.97. The third-order valence-electron chi connectivity index (χ3n) is 2.95. The molecule has 1 saturated heterocycles. The third-order valence-corrected chi connectivity index (χ3v) is 2.95. The molecule has 1 atom stereocenters. The predicted molar refractivity (Wildman–Crippen MR) is 54.7 cm³/mol. The van der Waals surface area contributed by atoms with Crippen molar-refractivity contribution < 1.29 is 0 Å². The highest BCUT2D eigenvalue weighted by Gasteiger charge is 2.14. The molecule has 0 radical (unpaired) electrons. The predicted octanol–water partition coefficient (Wildman–Crippen LogP) is 1.57. The van der Waals surface area contributed by atoms with E-state index in [4.69, 9.17) is 0 Å². The molecule has 0 unspecified atom stereocenters. The highest BCUT2D eigenvalue weighted by Crippen LogP contribution is 2.16. The minimum Gasteiger partial charge on any atom is -0.354 e. The standard InChI is InChI=1S/C11H18N2/c1-13-7-3-5-11(13)8-10-4-2-6-12-9-10/h3,5,7,10,12H,2,4,6,8-9H2,1H3/t10-/m1/s1. The molecule has 0 bridgehead atoms. The van der Waals surface area contributed by atoms with Crippen LogP contribution in [0.15, 0.2) is 18.3 Å². The van der Waals surface area contributed by atoms with Gasteiger partial charge in [-0.25, -0.2) is 0 Å². The fourth-order valence-electron chi connectivity index (χ4n) is 2.10. The Labute approximate surface area is 79.9 Å². The number of rotatable bonds is 2. The van der Waals surface area contributed by atoms with Crippen LogP contribution in [-0.4, -0.2) is 17.7 Å². The Morgan fingerprint density at radius 2 is 2.54 bits per heavy atom. The molecule has 2 rings (SSSR count). The topological polar surface area (TPSA) is 17.0 Å². The van der Waals surface area contributed by atoms with E-state index in [-0.39, 0.29) is 0 Å². The summed E-state index contributed by atoms with van der Waals surface area (Å²) >= 11 is 0. The molecule has 1 aliphatic heterocycles. The number of hydrogen-bond acceptors (Lipinski definition) is 1. The van der Waals surface area contributed by atoms with E-state index < -0.39 is 0 Å². The van der Waals surface area contributed by atoms with Crippen molar-refractivity contribution in [3.63, 3.8) is 0 Å². The number of aromatic nitrogens is 1. The van der Waals surface area contributed by atoms with Crippen molar-refractivity contribution in [2.45, 2.75) is 19.3 Å². The van der Waals surface area contributed by atoms with Gasteiger partial charge in [0.2, 0.25) is 0 Å². The molecule has 2 nitrogen and oxygen atoms in total. The summed E-state index contributed by atoms with van der Waals surface area (Å²) in [6, 6.07) is 4.36. The summed E-state index contributed by atoms with van der Waals surface area (Å²) in [5.74, 6) is 0.849. The Kier molecular flexibility index (Phi) is 2.69. The second-order valence-electron chi connectivity index (χ2n) is 4.03. The van der Waals surface area contributed by atoms with Crippen molar-refractivity contribution in [2.75, 3.05) is 13.1 Å². The molecular formula is C11H18N2. The molecule has 1 N–H and O–H groups in total. The van der Waals surface area contributed by atoms with Crippen LogP contribution in [0.2, 0.25) is 0 Å². The smallest absolute Gasteiger partial charge is 0.0175 e. The van der Waals surface area contributed by atoms with Crippen molar-refractivity contribution in [3.8, 4) is 0 Å². The largest absolute Gasteiger partial charge is 0.354 e. The van der Waals surface area contributed by atoms with E-state index in [9.17, 15) is 0 Å². The minimum absolute atomic E-state index is 0.849. The zero-order chi connectivity index (χ0) is 9.10. The van der Waals surface area contributed by atoms with Gasteiger partial charge in [-0.1, -0.05) is 0 Å². The van der Waals surface area contributed by atoms with Gasteiger partial charge in [0.15, 0.2) is 0 Å². The molecule has 0 amide bonds. The summed E-state index contributed by atoms with van der Waals surface area (Å²) in [6.07, 6.45) is 6.09. The molecule has 13 heavy (non-hydrogen) atoms. The first kappa shape index (κ1) is 8.82. The van der Waals surface area contributed by atoms with Gasteiger partial charge in [-0.05, 0) is 50.4 Å². The Balaban J connectivity index is 1.93. The van der Waals surface area contributed by atoms with E-state index in [1.165, 1.54) is 38.0 Å². The van der Waals surface area contributed by atoms with Gasteiger partial charge in [0.1, 0.15) is 0 Å². The van der Waals surface area contributed by atoms with Crippen LogP contribution in [-0.2, 0) is 13.5 Å². The average molecular weight is 178 g/mol. The van der Waals surface area contributed by atoms with E-state index in [0.717, 1.165) is 5.92 Å². The zero-order valence-corrected chi connectivity index (χ0v) is 8.29. The van der Waals surface area contributed by atoms with Crippen LogP contribution in [0.25, 0.3) is 0 Å². The maximum atomic E-state index is 3.46. The van der Waals surface area contributed by atoms with Crippen LogP contribution >= 0.6 is 0 Å². The average Bonchev–Trinajstić information content (AvgIpc) is 2.54. The lowest BCUT2D eigenvalue weighted by Crippen LogP contribution is -2.31. The maximum Gasteiger partial charge on any atom is 0.0175 e. The van der Waals surface area contributed by atoms with Crippen molar-refractivity contribution >= 4 is 0 Å². The molecule has 72 valence electrons. The van der Waals surface area contributed by atoms with Gasteiger partial charge in [0, 0.05) is 18.9 Å². The normalized spacial score (nSPS) is 23.3. The van der Waals surface area contributed by atoms with Crippen LogP contribution in [0, 0.1) is 5.92 Å². The molecule has 1 aromatic heterocycles. The van der Waals surface area contributed by atoms with Gasteiger partial charge in [0.05, 0.1) is 0 Å². The van der Waals surface area contributed by atoms with E-state index in [1.54, 1.807) is 0 Å². The molecule has 1 fully saturated rings. The fourth-order valence-corrected chi connectivity index (χ4v) is 2.10. The fraction of sp³-hybridized carbons (Fsp3) is 0.636. The Morgan fingerprint density at radius 3 is 3.15 bits per heavy atom.